The van der Waals surface area contributed by atoms with E-state index in [1.807, 2.05) is 18.7 Å². The number of hydrogen-bond donors (Lipinski definition) is 1. The number of likely N-dealkylation sites (tertiary alicyclic amines) is 1. The van der Waals surface area contributed by atoms with Crippen LogP contribution >= 0.6 is 0 Å². The van der Waals surface area contributed by atoms with Crippen molar-refractivity contribution in [3.63, 3.8) is 0 Å². The minimum absolute atomic E-state index is 0.0138. The number of nitrogens with one attached hydrogen (secondary N) is 1. The Morgan fingerprint density at radius 1 is 1.17 bits per heavy atom. The summed E-state index contributed by atoms with van der Waals surface area (Å²) in [5.74, 6) is 0.212. The number of quaternary nitrogens is 1. The van der Waals surface area contributed by atoms with Crippen molar-refractivity contribution in [1.29, 1.82) is 0 Å². The molecular formula is C18H36N3O2+. The number of rotatable bonds is 9. The molecule has 134 valence electrons. The Hall–Kier alpha value is -1.10. The molecule has 0 aromatic carbocycles. The van der Waals surface area contributed by atoms with Crippen LogP contribution in [0.4, 0.5) is 0 Å². The normalized spacial score (nSPS) is 17.9. The molecule has 2 unspecified atom stereocenters. The first-order valence-electron chi connectivity index (χ1n) is 9.11. The van der Waals surface area contributed by atoms with Crippen molar-refractivity contribution in [2.75, 3.05) is 47.3 Å². The standard InChI is InChI=1S/C18H35N3O2/c1-6-16(18(23)20-11-7-8-12-20)14-15(2)17(22)19-10-9-13-21(3,4)5/h15-16H,6-14H2,1-5H3/p+1. The molecule has 5 nitrogen and oxygen atoms in total. The molecule has 1 rings (SSSR count). The Labute approximate surface area is 142 Å². The van der Waals surface area contributed by atoms with Crippen LogP contribution in [-0.2, 0) is 9.59 Å². The molecule has 0 aliphatic carbocycles. The van der Waals surface area contributed by atoms with Crippen LogP contribution in [0.3, 0.4) is 0 Å². The summed E-state index contributed by atoms with van der Waals surface area (Å²) in [6.45, 7) is 7.52. The fourth-order valence-corrected chi connectivity index (χ4v) is 3.11. The first-order valence-corrected chi connectivity index (χ1v) is 9.11. The summed E-state index contributed by atoms with van der Waals surface area (Å²) < 4.78 is 0.910. The third kappa shape index (κ3) is 7.34. The molecule has 1 aliphatic heterocycles. The molecule has 0 aromatic rings. The SMILES string of the molecule is CCC(CC(C)C(=O)NCCC[N+](C)(C)C)C(=O)N1CCCC1. The minimum atomic E-state index is -0.101. The summed E-state index contributed by atoms with van der Waals surface area (Å²) >= 11 is 0. The third-order valence-electron chi connectivity index (χ3n) is 4.65. The summed E-state index contributed by atoms with van der Waals surface area (Å²) in [4.78, 5) is 26.7. The smallest absolute Gasteiger partial charge is 0.225 e. The molecule has 1 N–H and O–H groups in total. The van der Waals surface area contributed by atoms with E-state index in [0.29, 0.717) is 6.42 Å². The maximum atomic E-state index is 12.5. The van der Waals surface area contributed by atoms with E-state index in [-0.39, 0.29) is 23.7 Å². The molecule has 5 heteroatoms. The summed E-state index contributed by atoms with van der Waals surface area (Å²) in [5.41, 5.74) is 0. The quantitative estimate of drug-likeness (QED) is 0.519. The summed E-state index contributed by atoms with van der Waals surface area (Å²) in [6.07, 6.45) is 4.68. The molecule has 0 bridgehead atoms. The maximum Gasteiger partial charge on any atom is 0.225 e. The molecule has 1 fully saturated rings. The van der Waals surface area contributed by atoms with Crippen molar-refractivity contribution in [2.24, 2.45) is 11.8 Å². The van der Waals surface area contributed by atoms with Gasteiger partial charge >= 0.3 is 0 Å². The summed E-state index contributed by atoms with van der Waals surface area (Å²) in [7, 11) is 6.46. The average Bonchev–Trinajstić information content (AvgIpc) is 3.01. The first-order chi connectivity index (χ1) is 10.7. The monoisotopic (exact) mass is 326 g/mol. The fraction of sp³-hybridized carbons (Fsp3) is 0.889. The zero-order valence-electron chi connectivity index (χ0n) is 15.7. The Balaban J connectivity index is 2.35. The lowest BCUT2D eigenvalue weighted by molar-refractivity contribution is -0.870. The van der Waals surface area contributed by atoms with E-state index in [4.69, 9.17) is 0 Å². The molecule has 0 saturated carbocycles. The van der Waals surface area contributed by atoms with Crippen LogP contribution in [0.15, 0.2) is 0 Å². The lowest BCUT2D eigenvalue weighted by Crippen LogP contribution is -2.39. The van der Waals surface area contributed by atoms with E-state index in [1.54, 1.807) is 0 Å². The largest absolute Gasteiger partial charge is 0.356 e. The van der Waals surface area contributed by atoms with E-state index in [1.165, 1.54) is 0 Å². The number of nitrogens with zero attached hydrogens (tertiary/aromatic N) is 2. The zero-order chi connectivity index (χ0) is 17.5. The van der Waals surface area contributed by atoms with Gasteiger partial charge in [-0.05, 0) is 25.7 Å². The van der Waals surface area contributed by atoms with Gasteiger partial charge < -0.3 is 14.7 Å². The predicted octanol–water partition coefficient (Wildman–Crippen LogP) is 1.87. The highest BCUT2D eigenvalue weighted by Crippen LogP contribution is 2.21. The van der Waals surface area contributed by atoms with Crippen molar-refractivity contribution in [3.05, 3.63) is 0 Å². The van der Waals surface area contributed by atoms with Crippen molar-refractivity contribution in [3.8, 4) is 0 Å². The molecular weight excluding hydrogens is 290 g/mol. The molecule has 1 saturated heterocycles. The molecule has 2 atom stereocenters. The van der Waals surface area contributed by atoms with E-state index in [0.717, 1.165) is 56.3 Å². The maximum absolute atomic E-state index is 12.5. The van der Waals surface area contributed by atoms with Gasteiger partial charge in [0.05, 0.1) is 27.7 Å². The van der Waals surface area contributed by atoms with Gasteiger partial charge in [-0.1, -0.05) is 13.8 Å². The van der Waals surface area contributed by atoms with E-state index >= 15 is 0 Å². The van der Waals surface area contributed by atoms with E-state index in [9.17, 15) is 9.59 Å². The van der Waals surface area contributed by atoms with Gasteiger partial charge in [0.1, 0.15) is 0 Å². The number of carbonyl (C=O) groups excluding carboxylic acids is 2. The Kier molecular flexibility index (Phi) is 8.03. The van der Waals surface area contributed by atoms with Crippen molar-refractivity contribution in [1.82, 2.24) is 10.2 Å². The lowest BCUT2D eigenvalue weighted by atomic mass is 9.92. The van der Waals surface area contributed by atoms with Gasteiger partial charge in [0.2, 0.25) is 11.8 Å². The van der Waals surface area contributed by atoms with Gasteiger partial charge in [0.25, 0.3) is 0 Å². The molecule has 2 amide bonds. The third-order valence-corrected chi connectivity index (χ3v) is 4.65. The first kappa shape index (κ1) is 19.9. The van der Waals surface area contributed by atoms with Gasteiger partial charge in [-0.2, -0.15) is 0 Å². The van der Waals surface area contributed by atoms with Crippen LogP contribution in [0, 0.1) is 11.8 Å². The second-order valence-corrected chi connectivity index (χ2v) is 7.93. The summed E-state index contributed by atoms with van der Waals surface area (Å²) in [6, 6.07) is 0. The Morgan fingerprint density at radius 3 is 2.30 bits per heavy atom. The minimum Gasteiger partial charge on any atom is -0.356 e. The second kappa shape index (κ2) is 9.26. The predicted molar refractivity (Wildman–Crippen MR) is 93.9 cm³/mol. The molecule has 1 heterocycles. The molecule has 23 heavy (non-hydrogen) atoms. The van der Waals surface area contributed by atoms with Crippen LogP contribution in [0.25, 0.3) is 0 Å². The van der Waals surface area contributed by atoms with Crippen LogP contribution in [0.1, 0.15) is 46.0 Å². The number of amides is 2. The van der Waals surface area contributed by atoms with Crippen LogP contribution in [-0.4, -0.2) is 68.5 Å². The van der Waals surface area contributed by atoms with Gasteiger partial charge in [0.15, 0.2) is 0 Å². The van der Waals surface area contributed by atoms with Gasteiger partial charge in [0, 0.05) is 37.9 Å². The Morgan fingerprint density at radius 2 is 1.78 bits per heavy atom. The zero-order valence-corrected chi connectivity index (χ0v) is 15.7. The van der Waals surface area contributed by atoms with Gasteiger partial charge in [-0.15, -0.1) is 0 Å². The van der Waals surface area contributed by atoms with Crippen molar-refractivity contribution in [2.45, 2.75) is 46.0 Å². The van der Waals surface area contributed by atoms with Crippen molar-refractivity contribution >= 4 is 11.8 Å². The summed E-state index contributed by atoms with van der Waals surface area (Å²) in [5, 5.41) is 3.02. The number of hydrogen-bond acceptors (Lipinski definition) is 2. The Bertz CT molecular complexity index is 384. The highest BCUT2D eigenvalue weighted by atomic mass is 16.2. The molecule has 1 aliphatic rings. The molecule has 0 radical (unpaired) electrons. The second-order valence-electron chi connectivity index (χ2n) is 7.93. The average molecular weight is 327 g/mol. The highest BCUT2D eigenvalue weighted by molar-refractivity contribution is 5.82. The van der Waals surface area contributed by atoms with Gasteiger partial charge in [-0.25, -0.2) is 0 Å². The molecule has 0 aromatic heterocycles. The van der Waals surface area contributed by atoms with E-state index in [2.05, 4.69) is 26.5 Å². The topological polar surface area (TPSA) is 49.4 Å². The molecule has 0 spiro atoms. The van der Waals surface area contributed by atoms with Crippen molar-refractivity contribution < 1.29 is 14.1 Å². The fourth-order valence-electron chi connectivity index (χ4n) is 3.11. The van der Waals surface area contributed by atoms with E-state index < -0.39 is 0 Å². The van der Waals surface area contributed by atoms with Crippen LogP contribution in [0.5, 0.6) is 0 Å². The van der Waals surface area contributed by atoms with Crippen LogP contribution in [0.2, 0.25) is 0 Å². The lowest BCUT2D eigenvalue weighted by Gasteiger charge is -2.25. The van der Waals surface area contributed by atoms with Crippen LogP contribution < -0.4 is 5.32 Å². The highest BCUT2D eigenvalue weighted by Gasteiger charge is 2.28. The number of carbonyl (C=O) groups is 2. The van der Waals surface area contributed by atoms with Gasteiger partial charge in [-0.3, -0.25) is 9.59 Å².